The first-order chi connectivity index (χ1) is 13.0. The van der Waals surface area contributed by atoms with Gasteiger partial charge >= 0.3 is 0 Å². The highest BCUT2D eigenvalue weighted by atomic mass is 127. The van der Waals surface area contributed by atoms with Gasteiger partial charge in [0.15, 0.2) is 11.5 Å². The molecule has 1 N–H and O–H groups in total. The Morgan fingerprint density at radius 1 is 1.11 bits per heavy atom. The summed E-state index contributed by atoms with van der Waals surface area (Å²) in [6.07, 6.45) is 0.627. The minimum atomic E-state index is -0.480. The molecule has 0 unspecified atom stereocenters. The molecule has 0 heterocycles. The van der Waals surface area contributed by atoms with Crippen molar-refractivity contribution >= 4 is 34.2 Å². The van der Waals surface area contributed by atoms with Crippen LogP contribution in [0.5, 0.6) is 11.5 Å². The molecule has 2 aromatic carbocycles. The van der Waals surface area contributed by atoms with Crippen molar-refractivity contribution in [3.63, 3.8) is 0 Å². The number of ether oxygens (including phenoxy) is 2. The maximum atomic E-state index is 12.3. The number of nitro benzene ring substituents is 1. The predicted octanol–water partition coefficient (Wildman–Crippen LogP) is 3.97. The van der Waals surface area contributed by atoms with E-state index in [9.17, 15) is 14.9 Å². The molecule has 0 saturated carbocycles. The maximum absolute atomic E-state index is 12.3. The summed E-state index contributed by atoms with van der Waals surface area (Å²) < 4.78 is 11.7. The lowest BCUT2D eigenvalue weighted by Gasteiger charge is -2.13. The normalized spacial score (nSPS) is 10.3. The molecule has 0 fully saturated rings. The van der Waals surface area contributed by atoms with Crippen LogP contribution in [0.25, 0.3) is 0 Å². The van der Waals surface area contributed by atoms with Crippen LogP contribution in [-0.4, -0.2) is 30.6 Å². The fourth-order valence-electron chi connectivity index (χ4n) is 2.47. The quantitative estimate of drug-likeness (QED) is 0.331. The van der Waals surface area contributed by atoms with Crippen LogP contribution in [0.3, 0.4) is 0 Å². The van der Waals surface area contributed by atoms with Gasteiger partial charge in [0, 0.05) is 22.2 Å². The molecule has 0 aromatic heterocycles. The van der Waals surface area contributed by atoms with Crippen molar-refractivity contribution in [1.82, 2.24) is 5.32 Å². The SMILES string of the molecule is CCOc1ccc(CCNC(=O)c2ccc([N+](=O)[O-])cc2I)cc1OCC. The van der Waals surface area contributed by atoms with Crippen LogP contribution in [0.15, 0.2) is 36.4 Å². The second-order valence-electron chi connectivity index (χ2n) is 5.57. The van der Waals surface area contributed by atoms with E-state index in [2.05, 4.69) is 5.32 Å². The summed E-state index contributed by atoms with van der Waals surface area (Å²) in [5, 5.41) is 13.6. The summed E-state index contributed by atoms with van der Waals surface area (Å²) in [7, 11) is 0. The second-order valence-corrected chi connectivity index (χ2v) is 6.74. The summed E-state index contributed by atoms with van der Waals surface area (Å²) in [6.45, 7) is 5.36. The third-order valence-corrected chi connectivity index (χ3v) is 4.61. The highest BCUT2D eigenvalue weighted by Crippen LogP contribution is 2.28. The summed E-state index contributed by atoms with van der Waals surface area (Å²) in [5.74, 6) is 1.13. The van der Waals surface area contributed by atoms with Crippen molar-refractivity contribution in [2.45, 2.75) is 20.3 Å². The Bertz CT molecular complexity index is 826. The fraction of sp³-hybridized carbons (Fsp3) is 0.316. The van der Waals surface area contributed by atoms with Crippen molar-refractivity contribution in [1.29, 1.82) is 0 Å². The van der Waals surface area contributed by atoms with E-state index >= 15 is 0 Å². The monoisotopic (exact) mass is 484 g/mol. The van der Waals surface area contributed by atoms with Gasteiger partial charge < -0.3 is 14.8 Å². The van der Waals surface area contributed by atoms with Crippen molar-refractivity contribution in [3.05, 3.63) is 61.2 Å². The summed E-state index contributed by atoms with van der Waals surface area (Å²) >= 11 is 1.93. The number of amides is 1. The van der Waals surface area contributed by atoms with Crippen LogP contribution in [0, 0.1) is 13.7 Å². The summed E-state index contributed by atoms with van der Waals surface area (Å²) in [5.41, 5.74) is 1.40. The van der Waals surface area contributed by atoms with Crippen LogP contribution >= 0.6 is 22.6 Å². The Balaban J connectivity index is 1.98. The number of hydrogen-bond donors (Lipinski definition) is 1. The first-order valence-electron chi connectivity index (χ1n) is 8.56. The number of nitro groups is 1. The number of nitrogens with one attached hydrogen (secondary N) is 1. The maximum Gasteiger partial charge on any atom is 0.270 e. The van der Waals surface area contributed by atoms with Gasteiger partial charge in [-0.2, -0.15) is 0 Å². The zero-order chi connectivity index (χ0) is 19.8. The van der Waals surface area contributed by atoms with Gasteiger partial charge in [-0.15, -0.1) is 0 Å². The molecular formula is C19H21IN2O5. The highest BCUT2D eigenvalue weighted by Gasteiger charge is 2.14. The van der Waals surface area contributed by atoms with Crippen LogP contribution in [0.4, 0.5) is 5.69 Å². The molecule has 0 spiro atoms. The van der Waals surface area contributed by atoms with Gasteiger partial charge in [0.25, 0.3) is 11.6 Å². The van der Waals surface area contributed by atoms with Gasteiger partial charge in [0.05, 0.1) is 23.7 Å². The molecule has 0 atom stereocenters. The smallest absolute Gasteiger partial charge is 0.270 e. The lowest BCUT2D eigenvalue weighted by molar-refractivity contribution is -0.384. The van der Waals surface area contributed by atoms with E-state index in [1.54, 1.807) is 0 Å². The van der Waals surface area contributed by atoms with Crippen LogP contribution in [0.1, 0.15) is 29.8 Å². The van der Waals surface area contributed by atoms with Crippen LogP contribution < -0.4 is 14.8 Å². The molecule has 0 saturated heterocycles. The molecule has 0 radical (unpaired) electrons. The number of hydrogen-bond acceptors (Lipinski definition) is 5. The second kappa shape index (κ2) is 10.1. The molecule has 27 heavy (non-hydrogen) atoms. The van der Waals surface area contributed by atoms with Crippen LogP contribution in [0.2, 0.25) is 0 Å². The van der Waals surface area contributed by atoms with Gasteiger partial charge in [-0.1, -0.05) is 6.07 Å². The predicted molar refractivity (Wildman–Crippen MR) is 111 cm³/mol. The number of non-ortho nitro benzene ring substituents is 1. The number of benzene rings is 2. The molecule has 0 aliphatic carbocycles. The van der Waals surface area contributed by atoms with E-state index in [0.29, 0.717) is 46.8 Å². The van der Waals surface area contributed by atoms with Crippen molar-refractivity contribution in [2.24, 2.45) is 0 Å². The average molecular weight is 484 g/mol. The van der Waals surface area contributed by atoms with E-state index in [1.165, 1.54) is 18.2 Å². The van der Waals surface area contributed by atoms with Crippen molar-refractivity contribution < 1.29 is 19.2 Å². The van der Waals surface area contributed by atoms with E-state index in [1.807, 2.05) is 54.6 Å². The van der Waals surface area contributed by atoms with Gasteiger partial charge in [0.2, 0.25) is 0 Å². The van der Waals surface area contributed by atoms with Gasteiger partial charge in [-0.3, -0.25) is 14.9 Å². The third kappa shape index (κ3) is 5.81. The largest absolute Gasteiger partial charge is 0.490 e. The number of carbonyl (C=O) groups excluding carboxylic acids is 1. The van der Waals surface area contributed by atoms with Gasteiger partial charge in [0.1, 0.15) is 0 Å². The molecule has 8 heteroatoms. The Kier molecular flexibility index (Phi) is 7.83. The standard InChI is InChI=1S/C19H21IN2O5/c1-3-26-17-8-5-13(11-18(17)27-4-2)9-10-21-19(23)15-7-6-14(22(24)25)12-16(15)20/h5-8,11-12H,3-4,9-10H2,1-2H3,(H,21,23). The highest BCUT2D eigenvalue weighted by molar-refractivity contribution is 14.1. The molecular weight excluding hydrogens is 463 g/mol. The zero-order valence-electron chi connectivity index (χ0n) is 15.2. The summed E-state index contributed by atoms with van der Waals surface area (Å²) in [6, 6.07) is 9.91. The first-order valence-corrected chi connectivity index (χ1v) is 9.64. The molecule has 2 aromatic rings. The first kappa shape index (κ1) is 20.9. The number of nitrogens with zero attached hydrogens (tertiary/aromatic N) is 1. The zero-order valence-corrected chi connectivity index (χ0v) is 17.3. The minimum absolute atomic E-state index is 0.0335. The van der Waals surface area contributed by atoms with Crippen LogP contribution in [-0.2, 0) is 6.42 Å². The number of halogens is 1. The Labute approximate surface area is 171 Å². The Morgan fingerprint density at radius 2 is 1.81 bits per heavy atom. The molecule has 7 nitrogen and oxygen atoms in total. The molecule has 0 aliphatic heterocycles. The Hall–Kier alpha value is -2.36. The molecule has 0 bridgehead atoms. The van der Waals surface area contributed by atoms with E-state index in [-0.39, 0.29) is 11.6 Å². The third-order valence-electron chi connectivity index (χ3n) is 3.72. The van der Waals surface area contributed by atoms with Gasteiger partial charge in [-0.05, 0) is 66.6 Å². The lowest BCUT2D eigenvalue weighted by Crippen LogP contribution is -2.26. The van der Waals surface area contributed by atoms with Crippen molar-refractivity contribution in [2.75, 3.05) is 19.8 Å². The lowest BCUT2D eigenvalue weighted by atomic mass is 10.1. The van der Waals surface area contributed by atoms with Gasteiger partial charge in [-0.25, -0.2) is 0 Å². The minimum Gasteiger partial charge on any atom is -0.490 e. The van der Waals surface area contributed by atoms with Crippen molar-refractivity contribution in [3.8, 4) is 11.5 Å². The molecule has 1 amide bonds. The van der Waals surface area contributed by atoms with E-state index < -0.39 is 4.92 Å². The number of rotatable bonds is 9. The molecule has 144 valence electrons. The topological polar surface area (TPSA) is 90.7 Å². The average Bonchev–Trinajstić information content (AvgIpc) is 2.63. The fourth-order valence-corrected chi connectivity index (χ4v) is 3.21. The molecule has 2 rings (SSSR count). The van der Waals surface area contributed by atoms with E-state index in [4.69, 9.17) is 9.47 Å². The number of carbonyl (C=O) groups is 1. The van der Waals surface area contributed by atoms with E-state index in [0.717, 1.165) is 5.56 Å². The Morgan fingerprint density at radius 3 is 2.44 bits per heavy atom. The molecule has 0 aliphatic rings. The summed E-state index contributed by atoms with van der Waals surface area (Å²) in [4.78, 5) is 22.6.